The zero-order valence-electron chi connectivity index (χ0n) is 11.6. The van der Waals surface area contributed by atoms with Gasteiger partial charge < -0.3 is 0 Å². The molecule has 0 radical (unpaired) electrons. The Morgan fingerprint density at radius 1 is 1.11 bits per heavy atom. The molecule has 0 aliphatic heterocycles. The molecule has 0 aromatic heterocycles. The highest BCUT2D eigenvalue weighted by molar-refractivity contribution is 7.90. The fourth-order valence-corrected chi connectivity index (χ4v) is 3.04. The molecule has 0 aliphatic rings. The van der Waals surface area contributed by atoms with Crippen molar-refractivity contribution in [1.82, 2.24) is 4.72 Å². The van der Waals surface area contributed by atoms with Crippen LogP contribution < -0.4 is 4.72 Å². The van der Waals surface area contributed by atoms with E-state index in [4.69, 9.17) is 10.5 Å². The lowest BCUT2D eigenvalue weighted by molar-refractivity contribution is 0.559. The highest BCUT2D eigenvalue weighted by Gasteiger charge is 2.23. The lowest BCUT2D eigenvalue weighted by Crippen LogP contribution is -2.34. The number of sulfonamides is 1. The molecule has 0 amide bonds. The van der Waals surface area contributed by atoms with Gasteiger partial charge in [0.25, 0.3) is 0 Å². The van der Waals surface area contributed by atoms with Crippen molar-refractivity contribution >= 4 is 10.0 Å². The number of hydrogen-bond acceptors (Lipinski definition) is 4. The molecular weight excluding hydrogens is 262 g/mol. The second kappa shape index (κ2) is 10.8. The average Bonchev–Trinajstić information content (AvgIpc) is 2.38. The molecular formula is C13H23N3O2S. The van der Waals surface area contributed by atoms with Crippen molar-refractivity contribution in [3.63, 3.8) is 0 Å². The maximum Gasteiger partial charge on any atom is 0.227 e. The van der Waals surface area contributed by atoms with Crippen molar-refractivity contribution in [3.05, 3.63) is 0 Å². The first-order valence-electron chi connectivity index (χ1n) is 6.83. The molecule has 5 nitrogen and oxygen atoms in total. The van der Waals surface area contributed by atoms with Crippen LogP contribution in [-0.4, -0.2) is 20.2 Å². The molecule has 0 bridgehead atoms. The minimum atomic E-state index is -3.49. The van der Waals surface area contributed by atoms with Gasteiger partial charge >= 0.3 is 0 Å². The quantitative estimate of drug-likeness (QED) is 0.590. The van der Waals surface area contributed by atoms with Crippen LogP contribution in [-0.2, 0) is 10.0 Å². The molecule has 6 heteroatoms. The largest absolute Gasteiger partial charge is 0.227 e. The van der Waals surface area contributed by atoms with Gasteiger partial charge in [-0.05, 0) is 19.3 Å². The molecule has 0 rings (SSSR count). The van der Waals surface area contributed by atoms with Gasteiger partial charge in [-0.25, -0.2) is 13.1 Å². The van der Waals surface area contributed by atoms with Crippen LogP contribution in [0.4, 0.5) is 0 Å². The van der Waals surface area contributed by atoms with Crippen LogP contribution in [0.25, 0.3) is 0 Å². The Balaban J connectivity index is 3.76. The maximum atomic E-state index is 11.8. The van der Waals surface area contributed by atoms with E-state index in [-0.39, 0.29) is 0 Å². The van der Waals surface area contributed by atoms with Gasteiger partial charge in [-0.2, -0.15) is 10.5 Å². The Labute approximate surface area is 116 Å². The lowest BCUT2D eigenvalue weighted by Gasteiger charge is -2.10. The van der Waals surface area contributed by atoms with Crippen LogP contribution in [0.2, 0.25) is 0 Å². The molecule has 1 N–H and O–H groups in total. The molecule has 0 aliphatic carbocycles. The Morgan fingerprint density at radius 2 is 1.74 bits per heavy atom. The molecule has 1 atom stereocenters. The third-order valence-corrected chi connectivity index (χ3v) is 4.53. The molecule has 1 unspecified atom stereocenters. The Bertz CT molecular complexity index is 407. The van der Waals surface area contributed by atoms with E-state index in [0.29, 0.717) is 25.8 Å². The van der Waals surface area contributed by atoms with Gasteiger partial charge in [0, 0.05) is 13.0 Å². The predicted octanol–water partition coefficient (Wildman–Crippen LogP) is 2.46. The third-order valence-electron chi connectivity index (χ3n) is 2.84. The van der Waals surface area contributed by atoms with E-state index in [2.05, 4.69) is 10.8 Å². The van der Waals surface area contributed by atoms with Gasteiger partial charge in [-0.15, -0.1) is 0 Å². The van der Waals surface area contributed by atoms with Gasteiger partial charge in [-0.3, -0.25) is 0 Å². The predicted molar refractivity (Wildman–Crippen MR) is 74.5 cm³/mol. The minimum absolute atomic E-state index is 0.375. The Morgan fingerprint density at radius 3 is 2.32 bits per heavy atom. The van der Waals surface area contributed by atoms with Crippen LogP contribution in [0.1, 0.15) is 58.3 Å². The van der Waals surface area contributed by atoms with E-state index in [0.717, 1.165) is 32.1 Å². The summed E-state index contributed by atoms with van der Waals surface area (Å²) < 4.78 is 26.0. The van der Waals surface area contributed by atoms with Crippen LogP contribution in [0.3, 0.4) is 0 Å². The van der Waals surface area contributed by atoms with Gasteiger partial charge in [0.2, 0.25) is 10.0 Å². The number of nitrogens with zero attached hydrogens (tertiary/aromatic N) is 2. The second-order valence-corrected chi connectivity index (χ2v) is 6.47. The fraction of sp³-hybridized carbons (Fsp3) is 0.846. The standard InChI is InChI=1S/C13H23N3O2S/c1-2-9-13(12-15)19(17,18)16-11-8-6-4-3-5-7-10-14/h13,16H,2-9,11H2,1H3. The van der Waals surface area contributed by atoms with Gasteiger partial charge in [0.05, 0.1) is 12.1 Å². The fourth-order valence-electron chi connectivity index (χ4n) is 1.73. The van der Waals surface area contributed by atoms with E-state index in [9.17, 15) is 8.42 Å². The highest BCUT2D eigenvalue weighted by atomic mass is 32.2. The molecule has 0 spiro atoms. The molecule has 108 valence electrons. The Kier molecular flexibility index (Phi) is 10.1. The van der Waals surface area contributed by atoms with Gasteiger partial charge in [0.1, 0.15) is 0 Å². The van der Waals surface area contributed by atoms with Crippen LogP contribution in [0, 0.1) is 22.7 Å². The van der Waals surface area contributed by atoms with Crippen molar-refractivity contribution in [3.8, 4) is 12.1 Å². The number of nitrogens with one attached hydrogen (secondary N) is 1. The average molecular weight is 285 g/mol. The SMILES string of the molecule is CCCC(C#N)S(=O)(=O)NCCCCCCCC#N. The molecule has 0 heterocycles. The summed E-state index contributed by atoms with van der Waals surface area (Å²) in [5, 5.41) is 16.2. The van der Waals surface area contributed by atoms with E-state index < -0.39 is 15.3 Å². The van der Waals surface area contributed by atoms with Crippen molar-refractivity contribution in [2.24, 2.45) is 0 Å². The molecule has 0 aromatic rings. The smallest absolute Gasteiger partial charge is 0.214 e. The van der Waals surface area contributed by atoms with E-state index in [1.54, 1.807) is 0 Å². The first-order valence-corrected chi connectivity index (χ1v) is 8.38. The highest BCUT2D eigenvalue weighted by Crippen LogP contribution is 2.07. The van der Waals surface area contributed by atoms with Crippen LogP contribution in [0.5, 0.6) is 0 Å². The summed E-state index contributed by atoms with van der Waals surface area (Å²) in [6.45, 7) is 2.25. The topological polar surface area (TPSA) is 93.8 Å². The monoisotopic (exact) mass is 285 g/mol. The van der Waals surface area contributed by atoms with E-state index in [1.807, 2.05) is 13.0 Å². The first kappa shape index (κ1) is 17.9. The number of hydrogen-bond donors (Lipinski definition) is 1. The van der Waals surface area contributed by atoms with Crippen molar-refractivity contribution in [1.29, 1.82) is 10.5 Å². The summed E-state index contributed by atoms with van der Waals surface area (Å²) in [7, 11) is -3.49. The molecule has 0 fully saturated rings. The summed E-state index contributed by atoms with van der Waals surface area (Å²) in [4.78, 5) is 0. The second-order valence-electron chi connectivity index (χ2n) is 4.52. The summed E-state index contributed by atoms with van der Waals surface area (Å²) in [6.07, 6.45) is 6.30. The third kappa shape index (κ3) is 8.58. The van der Waals surface area contributed by atoms with Crippen molar-refractivity contribution in [2.75, 3.05) is 6.54 Å². The van der Waals surface area contributed by atoms with Crippen LogP contribution in [0.15, 0.2) is 0 Å². The number of rotatable bonds is 11. The summed E-state index contributed by atoms with van der Waals surface area (Å²) in [6, 6.07) is 3.94. The van der Waals surface area contributed by atoms with Gasteiger partial charge in [0.15, 0.2) is 5.25 Å². The zero-order valence-corrected chi connectivity index (χ0v) is 12.4. The normalized spacial score (nSPS) is 12.6. The van der Waals surface area contributed by atoms with Gasteiger partial charge in [-0.1, -0.05) is 32.6 Å². The van der Waals surface area contributed by atoms with Crippen molar-refractivity contribution < 1.29 is 8.42 Å². The maximum absolute atomic E-state index is 11.8. The first-order chi connectivity index (χ1) is 9.08. The summed E-state index contributed by atoms with van der Waals surface area (Å²) in [5.74, 6) is 0. The lowest BCUT2D eigenvalue weighted by atomic mass is 10.1. The van der Waals surface area contributed by atoms with E-state index in [1.165, 1.54) is 0 Å². The Hall–Kier alpha value is -1.11. The molecule has 0 saturated heterocycles. The number of unbranched alkanes of at least 4 members (excludes halogenated alkanes) is 5. The molecule has 0 saturated carbocycles. The van der Waals surface area contributed by atoms with Crippen LogP contribution >= 0.6 is 0 Å². The number of nitriles is 2. The van der Waals surface area contributed by atoms with E-state index >= 15 is 0 Å². The summed E-state index contributed by atoms with van der Waals surface area (Å²) in [5.41, 5.74) is 0. The zero-order chi connectivity index (χ0) is 14.6. The molecule has 0 aromatic carbocycles. The molecule has 19 heavy (non-hydrogen) atoms. The minimum Gasteiger partial charge on any atom is -0.214 e. The summed E-state index contributed by atoms with van der Waals surface area (Å²) >= 11 is 0. The van der Waals surface area contributed by atoms with Crippen molar-refractivity contribution in [2.45, 2.75) is 63.5 Å².